The molecule has 5 heteroatoms. The minimum absolute atomic E-state index is 0. The molecule has 0 aliphatic rings. The second-order valence-electron chi connectivity index (χ2n) is 3.03. The van der Waals surface area contributed by atoms with Crippen molar-refractivity contribution in [1.29, 1.82) is 0 Å². The van der Waals surface area contributed by atoms with Crippen LogP contribution in [-0.2, 0) is 0 Å². The molecule has 0 bridgehead atoms. The number of phenols is 3. The number of halogens is 1. The molecule has 0 heterocycles. The van der Waals surface area contributed by atoms with Crippen molar-refractivity contribution in [2.45, 2.75) is 12.5 Å². The fraction of sp³-hybridized carbons (Fsp3) is 0.200. The minimum atomic E-state index is -0.520. The maximum absolute atomic E-state index is 9.43. The third-order valence-corrected chi connectivity index (χ3v) is 1.91. The molecule has 15 heavy (non-hydrogen) atoms. The Labute approximate surface area is 94.1 Å². The molecule has 84 valence electrons. The Morgan fingerprint density at radius 2 is 1.73 bits per heavy atom. The summed E-state index contributed by atoms with van der Waals surface area (Å²) >= 11 is 0. The van der Waals surface area contributed by atoms with Gasteiger partial charge in [0.2, 0.25) is 0 Å². The quantitative estimate of drug-likeness (QED) is 0.598. The number of phenolic OH excluding ortho intramolecular Hbond substituents is 3. The Balaban J connectivity index is 0.00000196. The molecule has 0 aliphatic carbocycles. The first-order valence-electron chi connectivity index (χ1n) is 4.17. The lowest BCUT2D eigenvalue weighted by Crippen LogP contribution is -2.09. The Morgan fingerprint density at radius 3 is 2.13 bits per heavy atom. The minimum Gasteiger partial charge on any atom is -0.508 e. The number of aromatic hydroxyl groups is 3. The lowest BCUT2D eigenvalue weighted by Gasteiger charge is -2.13. The van der Waals surface area contributed by atoms with Gasteiger partial charge in [0.1, 0.15) is 17.2 Å². The third kappa shape index (κ3) is 3.04. The summed E-state index contributed by atoms with van der Waals surface area (Å²) in [5, 5.41) is 27.9. The van der Waals surface area contributed by atoms with Crippen LogP contribution in [0.3, 0.4) is 0 Å². The van der Waals surface area contributed by atoms with Gasteiger partial charge in [-0.25, -0.2) is 0 Å². The molecule has 0 spiro atoms. The predicted octanol–water partition coefficient (Wildman–Crippen LogP) is 1.80. The van der Waals surface area contributed by atoms with Gasteiger partial charge in [-0.2, -0.15) is 0 Å². The van der Waals surface area contributed by atoms with Crippen LogP contribution >= 0.6 is 12.4 Å². The first kappa shape index (κ1) is 13.6. The van der Waals surface area contributed by atoms with E-state index in [4.69, 9.17) is 10.8 Å². The van der Waals surface area contributed by atoms with Crippen LogP contribution in [-0.4, -0.2) is 15.3 Å². The molecule has 1 rings (SSSR count). The van der Waals surface area contributed by atoms with E-state index in [1.807, 2.05) is 0 Å². The third-order valence-electron chi connectivity index (χ3n) is 1.91. The Morgan fingerprint density at radius 1 is 1.27 bits per heavy atom. The van der Waals surface area contributed by atoms with Gasteiger partial charge in [-0.1, -0.05) is 6.08 Å². The van der Waals surface area contributed by atoms with Crippen molar-refractivity contribution in [1.82, 2.24) is 0 Å². The predicted molar refractivity (Wildman–Crippen MR) is 60.4 cm³/mol. The molecule has 0 radical (unpaired) electrons. The van der Waals surface area contributed by atoms with Crippen LogP contribution in [0.5, 0.6) is 17.2 Å². The summed E-state index contributed by atoms with van der Waals surface area (Å²) in [6, 6.07) is 1.75. The van der Waals surface area contributed by atoms with Crippen LogP contribution in [0.15, 0.2) is 24.8 Å². The van der Waals surface area contributed by atoms with Gasteiger partial charge in [0.05, 0.1) is 5.56 Å². The normalized spacial score (nSPS) is 11.5. The molecule has 0 amide bonds. The zero-order valence-corrected chi connectivity index (χ0v) is 8.87. The molecule has 1 aromatic carbocycles. The van der Waals surface area contributed by atoms with Crippen LogP contribution in [0, 0.1) is 0 Å². The van der Waals surface area contributed by atoms with Crippen molar-refractivity contribution in [3.63, 3.8) is 0 Å². The largest absolute Gasteiger partial charge is 0.508 e. The highest BCUT2D eigenvalue weighted by Gasteiger charge is 2.15. The monoisotopic (exact) mass is 231 g/mol. The molecular formula is C10H14ClNO3. The fourth-order valence-electron chi connectivity index (χ4n) is 1.29. The number of hydrogen-bond donors (Lipinski definition) is 4. The number of hydrogen-bond acceptors (Lipinski definition) is 4. The van der Waals surface area contributed by atoms with Crippen LogP contribution in [0.1, 0.15) is 18.0 Å². The van der Waals surface area contributed by atoms with Gasteiger partial charge in [-0.3, -0.25) is 0 Å². The Kier molecular flexibility index (Phi) is 4.97. The summed E-state index contributed by atoms with van der Waals surface area (Å²) in [7, 11) is 0. The lowest BCUT2D eigenvalue weighted by molar-refractivity contribution is 0.412. The average Bonchev–Trinajstić information content (AvgIpc) is 2.01. The summed E-state index contributed by atoms with van der Waals surface area (Å²) in [5.41, 5.74) is 5.91. The van der Waals surface area contributed by atoms with Crippen molar-refractivity contribution in [2.75, 3.05) is 0 Å². The van der Waals surface area contributed by atoms with E-state index in [0.29, 0.717) is 6.42 Å². The molecule has 0 aromatic heterocycles. The maximum Gasteiger partial charge on any atom is 0.127 e. The van der Waals surface area contributed by atoms with Gasteiger partial charge >= 0.3 is 0 Å². The first-order chi connectivity index (χ1) is 6.56. The molecule has 4 nitrogen and oxygen atoms in total. The standard InChI is InChI=1S/C10H13NO3.ClH/c1-2-3-7(11)10-8(13)4-6(12)5-9(10)14;/h2,4-5,7,12-14H,1,3,11H2;1H/t7-;/m1./s1. The number of rotatable bonds is 3. The van der Waals surface area contributed by atoms with Crippen LogP contribution < -0.4 is 5.73 Å². The van der Waals surface area contributed by atoms with Gasteiger partial charge < -0.3 is 21.1 Å². The molecule has 1 aromatic rings. The maximum atomic E-state index is 9.43. The summed E-state index contributed by atoms with van der Waals surface area (Å²) in [5.74, 6) is -0.622. The van der Waals surface area contributed by atoms with Crippen molar-refractivity contribution in [2.24, 2.45) is 5.73 Å². The molecule has 5 N–H and O–H groups in total. The Hall–Kier alpha value is -1.39. The SMILES string of the molecule is C=CC[C@@H](N)c1c(O)cc(O)cc1O.Cl. The van der Waals surface area contributed by atoms with Crippen molar-refractivity contribution >= 4 is 12.4 Å². The topological polar surface area (TPSA) is 86.7 Å². The van der Waals surface area contributed by atoms with E-state index in [1.165, 1.54) is 0 Å². The molecule has 0 unspecified atom stereocenters. The van der Waals surface area contributed by atoms with Gasteiger partial charge in [0.25, 0.3) is 0 Å². The summed E-state index contributed by atoms with van der Waals surface area (Å²) < 4.78 is 0. The van der Waals surface area contributed by atoms with E-state index in [0.717, 1.165) is 12.1 Å². The van der Waals surface area contributed by atoms with Crippen LogP contribution in [0.4, 0.5) is 0 Å². The van der Waals surface area contributed by atoms with E-state index < -0.39 is 6.04 Å². The van der Waals surface area contributed by atoms with Crippen LogP contribution in [0.2, 0.25) is 0 Å². The van der Waals surface area contributed by atoms with Gasteiger partial charge in [0.15, 0.2) is 0 Å². The van der Waals surface area contributed by atoms with Gasteiger partial charge in [-0.05, 0) is 6.42 Å². The summed E-state index contributed by atoms with van der Waals surface area (Å²) in [6.45, 7) is 3.51. The van der Waals surface area contributed by atoms with E-state index in [-0.39, 0.29) is 35.2 Å². The van der Waals surface area contributed by atoms with Gasteiger partial charge in [0, 0.05) is 18.2 Å². The average molecular weight is 232 g/mol. The number of benzene rings is 1. The highest BCUT2D eigenvalue weighted by Crippen LogP contribution is 2.36. The second kappa shape index (κ2) is 5.48. The molecule has 0 saturated heterocycles. The highest BCUT2D eigenvalue weighted by molar-refractivity contribution is 5.85. The van der Waals surface area contributed by atoms with Crippen molar-refractivity contribution in [3.05, 3.63) is 30.4 Å². The zero-order valence-electron chi connectivity index (χ0n) is 8.05. The van der Waals surface area contributed by atoms with Crippen molar-refractivity contribution in [3.8, 4) is 17.2 Å². The van der Waals surface area contributed by atoms with E-state index in [1.54, 1.807) is 6.08 Å². The highest BCUT2D eigenvalue weighted by atomic mass is 35.5. The van der Waals surface area contributed by atoms with Gasteiger partial charge in [-0.15, -0.1) is 19.0 Å². The molecule has 0 saturated carbocycles. The first-order valence-corrected chi connectivity index (χ1v) is 4.17. The zero-order chi connectivity index (χ0) is 10.7. The van der Waals surface area contributed by atoms with Crippen LogP contribution in [0.25, 0.3) is 0 Å². The molecule has 1 atom stereocenters. The van der Waals surface area contributed by atoms with E-state index >= 15 is 0 Å². The van der Waals surface area contributed by atoms with E-state index in [9.17, 15) is 10.2 Å². The Bertz CT molecular complexity index is 332. The fourth-order valence-corrected chi connectivity index (χ4v) is 1.29. The summed E-state index contributed by atoms with van der Waals surface area (Å²) in [4.78, 5) is 0. The number of nitrogens with two attached hydrogens (primary N) is 1. The molecule has 0 aliphatic heterocycles. The lowest BCUT2D eigenvalue weighted by atomic mass is 10.0. The molecule has 0 fully saturated rings. The van der Waals surface area contributed by atoms with Crippen molar-refractivity contribution < 1.29 is 15.3 Å². The second-order valence-corrected chi connectivity index (χ2v) is 3.03. The van der Waals surface area contributed by atoms with E-state index in [2.05, 4.69) is 6.58 Å². The molecular weight excluding hydrogens is 218 g/mol. The smallest absolute Gasteiger partial charge is 0.127 e. The summed E-state index contributed by atoms with van der Waals surface area (Å²) in [6.07, 6.45) is 2.03.